The second-order valence-electron chi connectivity index (χ2n) is 5.29. The predicted molar refractivity (Wildman–Crippen MR) is 78.6 cm³/mol. The van der Waals surface area contributed by atoms with Crippen LogP contribution in [0.25, 0.3) is 0 Å². The fourth-order valence-corrected chi connectivity index (χ4v) is 2.01. The lowest BCUT2D eigenvalue weighted by Gasteiger charge is -2.09. The van der Waals surface area contributed by atoms with Crippen molar-refractivity contribution >= 4 is 10.4 Å². The van der Waals surface area contributed by atoms with Gasteiger partial charge in [-0.05, 0) is 12.3 Å². The molecule has 0 saturated carbocycles. The third-order valence-corrected chi connectivity index (χ3v) is 3.16. The van der Waals surface area contributed by atoms with E-state index in [9.17, 15) is 0 Å². The van der Waals surface area contributed by atoms with E-state index in [2.05, 4.69) is 13.8 Å². The first-order valence-electron chi connectivity index (χ1n) is 7.58. The molecule has 1 unspecified atom stereocenters. The van der Waals surface area contributed by atoms with Crippen molar-refractivity contribution in [1.29, 1.82) is 0 Å². The second kappa shape index (κ2) is 15.2. The van der Waals surface area contributed by atoms with E-state index in [1.54, 1.807) is 0 Å². The van der Waals surface area contributed by atoms with Gasteiger partial charge in [-0.1, -0.05) is 71.6 Å². The van der Waals surface area contributed by atoms with E-state index in [0.717, 1.165) is 12.3 Å². The van der Waals surface area contributed by atoms with Gasteiger partial charge in [0, 0.05) is 17.0 Å². The molecule has 0 aromatic carbocycles. The topological polar surface area (TPSA) is 100 Å². The third kappa shape index (κ3) is 30.7. The lowest BCUT2D eigenvalue weighted by molar-refractivity contribution is 0.282. The number of aliphatic hydroxyl groups excluding tert-OH is 1. The zero-order chi connectivity index (χ0) is 15.9. The first kappa shape index (κ1) is 22.1. The summed E-state index contributed by atoms with van der Waals surface area (Å²) in [6, 6.07) is 0. The van der Waals surface area contributed by atoms with Gasteiger partial charge in [-0.2, -0.15) is 0 Å². The molecule has 0 aromatic heterocycles. The molecule has 5 nitrogen and oxygen atoms in total. The van der Waals surface area contributed by atoms with E-state index in [1.807, 2.05) is 0 Å². The standard InChI is InChI=1S/C14H30O.H2O4S/c1-3-4-11-14(2)12-9-7-5-6-8-10-13-15;1-5(2,3)4/h14-15H,3-13H2,1-2H3;(H2,1,2,3,4)/p-2. The summed E-state index contributed by atoms with van der Waals surface area (Å²) in [5.41, 5.74) is 0. The molecule has 0 bridgehead atoms. The van der Waals surface area contributed by atoms with Crippen molar-refractivity contribution < 1.29 is 22.6 Å². The van der Waals surface area contributed by atoms with Crippen LogP contribution in [0.2, 0.25) is 0 Å². The summed E-state index contributed by atoms with van der Waals surface area (Å²) in [6.07, 6.45) is 13.2. The Balaban J connectivity index is 0. The van der Waals surface area contributed by atoms with E-state index in [-0.39, 0.29) is 0 Å². The molecule has 0 fully saturated rings. The van der Waals surface area contributed by atoms with Gasteiger partial charge in [-0.3, -0.25) is 8.42 Å². The molecule has 0 aliphatic carbocycles. The average Bonchev–Trinajstić information content (AvgIpc) is 2.33. The molecule has 0 aliphatic rings. The fourth-order valence-electron chi connectivity index (χ4n) is 2.01. The summed E-state index contributed by atoms with van der Waals surface area (Å²) in [7, 11) is -5.17. The average molecular weight is 310 g/mol. The Morgan fingerprint density at radius 2 is 1.30 bits per heavy atom. The fraction of sp³-hybridized carbons (Fsp3) is 1.00. The zero-order valence-electron chi connectivity index (χ0n) is 12.8. The molecule has 0 aliphatic heterocycles. The minimum atomic E-state index is -5.17. The molecule has 6 heteroatoms. The number of unbranched alkanes of at least 4 members (excludes halogenated alkanes) is 6. The Kier molecular flexibility index (Phi) is 16.8. The highest BCUT2D eigenvalue weighted by Gasteiger charge is 2.00. The maximum Gasteiger partial charge on any atom is 0.0431 e. The molecular formula is C14H30O5S-2. The van der Waals surface area contributed by atoms with Crippen LogP contribution in [0, 0.1) is 5.92 Å². The van der Waals surface area contributed by atoms with Crippen LogP contribution in [0.1, 0.15) is 78.1 Å². The first-order chi connectivity index (χ1) is 9.31. The largest absolute Gasteiger partial charge is 0.759 e. The van der Waals surface area contributed by atoms with E-state index >= 15 is 0 Å². The quantitative estimate of drug-likeness (QED) is 0.359. The van der Waals surface area contributed by atoms with Gasteiger partial charge in [-0.25, -0.2) is 0 Å². The summed E-state index contributed by atoms with van der Waals surface area (Å²) in [5.74, 6) is 0.933. The van der Waals surface area contributed by atoms with Gasteiger partial charge in [0.2, 0.25) is 0 Å². The number of aliphatic hydroxyl groups is 1. The summed E-state index contributed by atoms with van der Waals surface area (Å²) in [4.78, 5) is 0. The molecule has 1 N–H and O–H groups in total. The van der Waals surface area contributed by atoms with Crippen molar-refractivity contribution in [2.75, 3.05) is 6.61 Å². The molecule has 1 atom stereocenters. The van der Waals surface area contributed by atoms with Crippen molar-refractivity contribution in [2.45, 2.75) is 78.1 Å². The van der Waals surface area contributed by atoms with E-state index in [4.69, 9.17) is 22.6 Å². The Morgan fingerprint density at radius 1 is 0.900 bits per heavy atom. The van der Waals surface area contributed by atoms with Gasteiger partial charge >= 0.3 is 0 Å². The summed E-state index contributed by atoms with van der Waals surface area (Å²) < 4.78 is 34.1. The predicted octanol–water partition coefficient (Wildman–Crippen LogP) is 3.20. The van der Waals surface area contributed by atoms with Gasteiger partial charge in [-0.15, -0.1) is 0 Å². The monoisotopic (exact) mass is 310 g/mol. The van der Waals surface area contributed by atoms with Crippen LogP contribution in [0.5, 0.6) is 0 Å². The van der Waals surface area contributed by atoms with Gasteiger partial charge in [0.25, 0.3) is 0 Å². The van der Waals surface area contributed by atoms with Crippen LogP contribution < -0.4 is 0 Å². The molecule has 0 aromatic rings. The maximum absolute atomic E-state index is 8.62. The molecule has 0 heterocycles. The minimum Gasteiger partial charge on any atom is -0.759 e. The highest BCUT2D eigenvalue weighted by Crippen LogP contribution is 2.16. The molecule has 124 valence electrons. The summed E-state index contributed by atoms with van der Waals surface area (Å²) >= 11 is 0. The lowest BCUT2D eigenvalue weighted by Crippen LogP contribution is -1.94. The highest BCUT2D eigenvalue weighted by molar-refractivity contribution is 7.79. The maximum atomic E-state index is 8.62. The number of rotatable bonds is 11. The summed E-state index contributed by atoms with van der Waals surface area (Å²) in [6.45, 7) is 5.03. The van der Waals surface area contributed by atoms with Crippen molar-refractivity contribution in [2.24, 2.45) is 5.92 Å². The van der Waals surface area contributed by atoms with E-state index < -0.39 is 10.4 Å². The Morgan fingerprint density at radius 3 is 1.75 bits per heavy atom. The lowest BCUT2D eigenvalue weighted by atomic mass is 9.97. The SMILES string of the molecule is CCCCC(C)CCCCCCCCO.O=S(=O)([O-])[O-]. The summed E-state index contributed by atoms with van der Waals surface area (Å²) in [5, 5.41) is 8.62. The molecule has 0 rings (SSSR count). The van der Waals surface area contributed by atoms with Crippen molar-refractivity contribution in [3.63, 3.8) is 0 Å². The Labute approximate surface area is 124 Å². The van der Waals surface area contributed by atoms with Gasteiger partial charge in [0.1, 0.15) is 0 Å². The normalized spacial score (nSPS) is 12.7. The van der Waals surface area contributed by atoms with E-state index in [0.29, 0.717) is 6.61 Å². The van der Waals surface area contributed by atoms with Crippen LogP contribution in [-0.2, 0) is 10.4 Å². The van der Waals surface area contributed by atoms with Crippen LogP contribution in [0.3, 0.4) is 0 Å². The Bertz CT molecular complexity index is 269. The first-order valence-corrected chi connectivity index (χ1v) is 8.92. The van der Waals surface area contributed by atoms with Crippen LogP contribution in [0.4, 0.5) is 0 Å². The van der Waals surface area contributed by atoms with Crippen molar-refractivity contribution in [1.82, 2.24) is 0 Å². The number of hydrogen-bond donors (Lipinski definition) is 1. The van der Waals surface area contributed by atoms with E-state index in [1.165, 1.54) is 57.8 Å². The second-order valence-corrected chi connectivity index (χ2v) is 6.11. The van der Waals surface area contributed by atoms with Crippen LogP contribution in [-0.4, -0.2) is 29.2 Å². The number of hydrogen-bond acceptors (Lipinski definition) is 5. The highest BCUT2D eigenvalue weighted by atomic mass is 32.3. The molecule has 20 heavy (non-hydrogen) atoms. The van der Waals surface area contributed by atoms with Gasteiger partial charge in [0.15, 0.2) is 0 Å². The van der Waals surface area contributed by atoms with Gasteiger partial charge in [0.05, 0.1) is 0 Å². The van der Waals surface area contributed by atoms with Crippen molar-refractivity contribution in [3.8, 4) is 0 Å². The zero-order valence-corrected chi connectivity index (χ0v) is 13.7. The molecule has 0 radical (unpaired) electrons. The van der Waals surface area contributed by atoms with Crippen LogP contribution in [0.15, 0.2) is 0 Å². The van der Waals surface area contributed by atoms with Gasteiger partial charge < -0.3 is 14.2 Å². The smallest absolute Gasteiger partial charge is 0.0431 e. The molecular weight excluding hydrogens is 280 g/mol. The van der Waals surface area contributed by atoms with Crippen LogP contribution >= 0.6 is 0 Å². The molecule has 0 saturated heterocycles. The minimum absolute atomic E-state index is 0.369. The Hall–Kier alpha value is -0.170. The molecule has 0 amide bonds. The molecule has 0 spiro atoms. The van der Waals surface area contributed by atoms with Crippen molar-refractivity contribution in [3.05, 3.63) is 0 Å². The third-order valence-electron chi connectivity index (χ3n) is 3.16.